The summed E-state index contributed by atoms with van der Waals surface area (Å²) in [5.74, 6) is -0.773. The fraction of sp³-hybridized carbons (Fsp3) is 0.304. The summed E-state index contributed by atoms with van der Waals surface area (Å²) in [7, 11) is 6.12. The maximum absolute atomic E-state index is 13.2. The number of benzene rings is 1. The third-order valence-corrected chi connectivity index (χ3v) is 5.70. The van der Waals surface area contributed by atoms with E-state index in [9.17, 15) is 19.8 Å². The molecule has 0 atom stereocenters. The lowest BCUT2D eigenvalue weighted by Crippen LogP contribution is -2.31. The number of pyridine rings is 2. The molecule has 0 radical (unpaired) electrons. The van der Waals surface area contributed by atoms with E-state index < -0.39 is 17.0 Å². The first-order chi connectivity index (χ1) is 14.6. The summed E-state index contributed by atoms with van der Waals surface area (Å²) in [5.41, 5.74) is 0.488. The van der Waals surface area contributed by atoms with Gasteiger partial charge in [0.2, 0.25) is 0 Å². The average molecular weight is 426 g/mol. The smallest absolute Gasteiger partial charge is 0.258 e. The Labute approximate surface area is 179 Å². The first kappa shape index (κ1) is 22.0. The van der Waals surface area contributed by atoms with Crippen molar-refractivity contribution in [3.8, 4) is 23.0 Å². The highest BCUT2D eigenvalue weighted by Gasteiger charge is 2.32. The average Bonchev–Trinajstić information content (AvgIpc) is 2.74. The molecule has 31 heavy (non-hydrogen) atoms. The fourth-order valence-corrected chi connectivity index (χ4v) is 3.70. The molecule has 0 bridgehead atoms. The Hall–Kier alpha value is -3.68. The van der Waals surface area contributed by atoms with E-state index in [-0.39, 0.29) is 22.6 Å². The zero-order valence-corrected chi connectivity index (χ0v) is 18.4. The van der Waals surface area contributed by atoms with Gasteiger partial charge in [0.15, 0.2) is 0 Å². The van der Waals surface area contributed by atoms with Crippen molar-refractivity contribution in [1.29, 1.82) is 0 Å². The number of rotatable bonds is 5. The maximum Gasteiger partial charge on any atom is 0.258 e. The van der Waals surface area contributed by atoms with Crippen molar-refractivity contribution in [3.63, 3.8) is 0 Å². The Morgan fingerprint density at radius 2 is 1.29 bits per heavy atom. The minimum absolute atomic E-state index is 0.0344. The molecule has 8 nitrogen and oxygen atoms in total. The summed E-state index contributed by atoms with van der Waals surface area (Å²) in [4.78, 5) is 26.5. The Balaban J connectivity index is 2.50. The Morgan fingerprint density at radius 3 is 1.71 bits per heavy atom. The number of aromatic hydroxyl groups is 2. The Kier molecular flexibility index (Phi) is 5.83. The van der Waals surface area contributed by atoms with Crippen molar-refractivity contribution in [2.75, 3.05) is 14.2 Å². The lowest BCUT2D eigenvalue weighted by Gasteiger charge is -2.23. The van der Waals surface area contributed by atoms with Crippen molar-refractivity contribution < 1.29 is 19.7 Å². The molecule has 8 heteroatoms. The third-order valence-electron chi connectivity index (χ3n) is 5.70. The van der Waals surface area contributed by atoms with Crippen molar-refractivity contribution >= 4 is 0 Å². The van der Waals surface area contributed by atoms with E-state index in [1.807, 2.05) is 0 Å². The van der Waals surface area contributed by atoms with Gasteiger partial charge in [-0.1, -0.05) is 6.07 Å². The first-order valence-corrected chi connectivity index (χ1v) is 9.63. The van der Waals surface area contributed by atoms with Crippen LogP contribution >= 0.6 is 0 Å². The molecule has 0 saturated heterocycles. The minimum Gasteiger partial charge on any atom is -0.507 e. The second-order valence-electron chi connectivity index (χ2n) is 7.44. The molecule has 2 heterocycles. The van der Waals surface area contributed by atoms with E-state index >= 15 is 0 Å². The zero-order valence-electron chi connectivity index (χ0n) is 18.4. The standard InChI is InChI=1S/C23H26N2O6/c1-12-9-16(26)20(22(28)24(12)3)19(15-8-7-14(30-5)11-18(15)31-6)21-17(27)10-13(2)25(4)23(21)29/h7-11,19,26-27H,1-6H3. The van der Waals surface area contributed by atoms with E-state index in [1.54, 1.807) is 46.1 Å². The largest absolute Gasteiger partial charge is 0.507 e. The number of hydrogen-bond acceptors (Lipinski definition) is 6. The quantitative estimate of drug-likeness (QED) is 0.649. The van der Waals surface area contributed by atoms with Crippen LogP contribution in [-0.4, -0.2) is 33.6 Å². The van der Waals surface area contributed by atoms with Crippen LogP contribution in [0.4, 0.5) is 0 Å². The predicted molar refractivity (Wildman–Crippen MR) is 117 cm³/mol. The van der Waals surface area contributed by atoms with Gasteiger partial charge in [0, 0.05) is 37.1 Å². The molecule has 1 aromatic carbocycles. The van der Waals surface area contributed by atoms with E-state index in [0.717, 1.165) is 0 Å². The number of methoxy groups -OCH3 is 2. The van der Waals surface area contributed by atoms with Gasteiger partial charge in [-0.2, -0.15) is 0 Å². The molecule has 3 aromatic rings. The van der Waals surface area contributed by atoms with E-state index in [1.165, 1.54) is 35.5 Å². The van der Waals surface area contributed by atoms with Gasteiger partial charge < -0.3 is 28.8 Å². The van der Waals surface area contributed by atoms with E-state index in [0.29, 0.717) is 28.5 Å². The maximum atomic E-state index is 13.2. The zero-order chi connectivity index (χ0) is 23.0. The van der Waals surface area contributed by atoms with Gasteiger partial charge in [-0.15, -0.1) is 0 Å². The molecule has 2 N–H and O–H groups in total. The Morgan fingerprint density at radius 1 is 0.806 bits per heavy atom. The van der Waals surface area contributed by atoms with Crippen LogP contribution in [-0.2, 0) is 14.1 Å². The number of aryl methyl sites for hydroxylation is 2. The molecule has 0 saturated carbocycles. The topological polar surface area (TPSA) is 103 Å². The predicted octanol–water partition coefficient (Wildman–Crippen LogP) is 2.31. The molecule has 0 spiro atoms. The van der Waals surface area contributed by atoms with Crippen LogP contribution in [0.1, 0.15) is 34.0 Å². The second-order valence-corrected chi connectivity index (χ2v) is 7.44. The van der Waals surface area contributed by atoms with Crippen LogP contribution in [0.25, 0.3) is 0 Å². The highest BCUT2D eigenvalue weighted by molar-refractivity contribution is 5.56. The van der Waals surface area contributed by atoms with Crippen molar-refractivity contribution in [2.45, 2.75) is 19.8 Å². The molecular weight excluding hydrogens is 400 g/mol. The second kappa shape index (κ2) is 8.22. The van der Waals surface area contributed by atoms with Crippen molar-refractivity contribution in [2.24, 2.45) is 14.1 Å². The summed E-state index contributed by atoms with van der Waals surface area (Å²) in [6, 6.07) is 7.84. The molecule has 0 unspecified atom stereocenters. The van der Waals surface area contributed by atoms with E-state index in [4.69, 9.17) is 9.47 Å². The summed E-state index contributed by atoms with van der Waals surface area (Å²) >= 11 is 0. The van der Waals surface area contributed by atoms with Crippen molar-refractivity contribution in [3.05, 3.63) is 79.1 Å². The molecular formula is C23H26N2O6. The monoisotopic (exact) mass is 426 g/mol. The van der Waals surface area contributed by atoms with Crippen LogP contribution in [0.3, 0.4) is 0 Å². The highest BCUT2D eigenvalue weighted by Crippen LogP contribution is 2.42. The van der Waals surface area contributed by atoms with Crippen LogP contribution < -0.4 is 20.6 Å². The lowest BCUT2D eigenvalue weighted by atomic mass is 9.84. The molecule has 0 aliphatic heterocycles. The first-order valence-electron chi connectivity index (χ1n) is 9.63. The van der Waals surface area contributed by atoms with Gasteiger partial charge in [0.1, 0.15) is 23.0 Å². The van der Waals surface area contributed by atoms with Gasteiger partial charge in [-0.3, -0.25) is 9.59 Å². The Bertz CT molecular complexity index is 1200. The van der Waals surface area contributed by atoms with Gasteiger partial charge in [0.05, 0.1) is 31.3 Å². The number of nitrogens with zero attached hydrogens (tertiary/aromatic N) is 2. The third kappa shape index (κ3) is 3.65. The van der Waals surface area contributed by atoms with E-state index in [2.05, 4.69) is 0 Å². The number of aromatic nitrogens is 2. The van der Waals surface area contributed by atoms with Crippen LogP contribution in [0, 0.1) is 13.8 Å². The number of hydrogen-bond donors (Lipinski definition) is 2. The summed E-state index contributed by atoms with van der Waals surface area (Å²) in [5, 5.41) is 21.6. The van der Waals surface area contributed by atoms with Gasteiger partial charge in [-0.05, 0) is 32.0 Å². The summed E-state index contributed by atoms with van der Waals surface area (Å²) in [6.07, 6.45) is 0. The van der Waals surface area contributed by atoms with Crippen LogP contribution in [0.5, 0.6) is 23.0 Å². The minimum atomic E-state index is -1.08. The normalized spacial score (nSPS) is 11.1. The van der Waals surface area contributed by atoms with Crippen LogP contribution in [0.15, 0.2) is 39.9 Å². The van der Waals surface area contributed by atoms with Gasteiger partial charge in [0.25, 0.3) is 11.1 Å². The molecule has 0 aliphatic rings. The molecule has 3 rings (SSSR count). The van der Waals surface area contributed by atoms with Gasteiger partial charge >= 0.3 is 0 Å². The molecule has 0 amide bonds. The highest BCUT2D eigenvalue weighted by atomic mass is 16.5. The molecule has 164 valence electrons. The van der Waals surface area contributed by atoms with Gasteiger partial charge in [-0.25, -0.2) is 0 Å². The molecule has 0 fully saturated rings. The lowest BCUT2D eigenvalue weighted by molar-refractivity contribution is 0.389. The SMILES string of the molecule is COc1ccc(C(c2c(O)cc(C)n(C)c2=O)c2c(O)cc(C)n(C)c2=O)c(OC)c1. The number of ether oxygens (including phenoxy) is 2. The van der Waals surface area contributed by atoms with Crippen molar-refractivity contribution in [1.82, 2.24) is 9.13 Å². The fourth-order valence-electron chi connectivity index (χ4n) is 3.70. The van der Waals surface area contributed by atoms with Crippen LogP contribution in [0.2, 0.25) is 0 Å². The summed E-state index contributed by atoms with van der Waals surface area (Å²) < 4.78 is 13.5. The molecule has 0 aliphatic carbocycles. The summed E-state index contributed by atoms with van der Waals surface area (Å²) in [6.45, 7) is 3.38. The molecule has 2 aromatic heterocycles.